The lowest BCUT2D eigenvalue weighted by Crippen LogP contribution is -2.23. The predicted octanol–water partition coefficient (Wildman–Crippen LogP) is 3.39. The lowest BCUT2D eigenvalue weighted by atomic mass is 9.98. The van der Waals surface area contributed by atoms with Gasteiger partial charge in [0.05, 0.1) is 5.92 Å². The largest absolute Gasteiger partial charge is 0.481 e. The first kappa shape index (κ1) is 16.9. The minimum atomic E-state index is -0.718. The van der Waals surface area contributed by atoms with Gasteiger partial charge in [-0.05, 0) is 40.0 Å². The molecule has 0 amide bonds. The monoisotopic (exact) mass is 258 g/mol. The lowest BCUT2D eigenvalue weighted by Gasteiger charge is -2.19. The highest BCUT2D eigenvalue weighted by atomic mass is 16.6. The fraction of sp³-hybridized carbons (Fsp3) is 0.857. The van der Waals surface area contributed by atoms with E-state index in [1.165, 1.54) is 0 Å². The Kier molecular flexibility index (Phi) is 7.64. The summed E-state index contributed by atoms with van der Waals surface area (Å²) in [6.07, 6.45) is 4.28. The molecule has 0 radical (unpaired) electrons. The molecule has 0 aromatic heterocycles. The number of esters is 1. The predicted molar refractivity (Wildman–Crippen MR) is 70.3 cm³/mol. The first-order chi connectivity index (χ1) is 8.26. The van der Waals surface area contributed by atoms with Crippen LogP contribution in [0.3, 0.4) is 0 Å². The van der Waals surface area contributed by atoms with E-state index in [0.29, 0.717) is 19.3 Å². The number of aliphatic carboxylic acids is 1. The second kappa shape index (κ2) is 8.11. The maximum Gasteiger partial charge on any atom is 0.306 e. The van der Waals surface area contributed by atoms with Gasteiger partial charge in [-0.15, -0.1) is 0 Å². The quantitative estimate of drug-likeness (QED) is 0.535. The fourth-order valence-electron chi connectivity index (χ4n) is 1.73. The van der Waals surface area contributed by atoms with Gasteiger partial charge >= 0.3 is 11.9 Å². The minimum Gasteiger partial charge on any atom is -0.481 e. The highest BCUT2D eigenvalue weighted by Crippen LogP contribution is 2.15. The van der Waals surface area contributed by atoms with Gasteiger partial charge in [0.2, 0.25) is 0 Å². The van der Waals surface area contributed by atoms with Crippen LogP contribution in [0.15, 0.2) is 0 Å². The molecule has 0 aliphatic heterocycles. The number of unbranched alkanes of at least 4 members (excludes halogenated alkanes) is 2. The maximum atomic E-state index is 11.4. The van der Waals surface area contributed by atoms with Gasteiger partial charge in [0, 0.05) is 6.42 Å². The average Bonchev–Trinajstić information content (AvgIpc) is 2.20. The smallest absolute Gasteiger partial charge is 0.306 e. The molecule has 0 saturated carbocycles. The van der Waals surface area contributed by atoms with E-state index in [1.54, 1.807) is 0 Å². The standard InChI is InChI=1S/C14H26O4/c1-5-11(13(16)17)9-7-6-8-10-12(15)18-14(2,3)4/h11H,5-10H2,1-4H3,(H,16,17). The van der Waals surface area contributed by atoms with E-state index in [9.17, 15) is 9.59 Å². The Bertz CT molecular complexity index is 265. The molecule has 106 valence electrons. The third-order valence-electron chi connectivity index (χ3n) is 2.70. The summed E-state index contributed by atoms with van der Waals surface area (Å²) in [5.74, 6) is -1.14. The zero-order valence-corrected chi connectivity index (χ0v) is 12.0. The summed E-state index contributed by atoms with van der Waals surface area (Å²) in [5, 5.41) is 8.87. The van der Waals surface area contributed by atoms with Crippen LogP contribution >= 0.6 is 0 Å². The summed E-state index contributed by atoms with van der Waals surface area (Å²) in [7, 11) is 0. The molecule has 0 aromatic carbocycles. The van der Waals surface area contributed by atoms with Gasteiger partial charge in [-0.3, -0.25) is 9.59 Å². The van der Waals surface area contributed by atoms with E-state index in [4.69, 9.17) is 9.84 Å². The SMILES string of the molecule is CCC(CCCCCC(=O)OC(C)(C)C)C(=O)O. The van der Waals surface area contributed by atoms with Gasteiger partial charge in [0.15, 0.2) is 0 Å². The number of carbonyl (C=O) groups is 2. The van der Waals surface area contributed by atoms with Crippen LogP contribution in [0.4, 0.5) is 0 Å². The Morgan fingerprint density at radius 2 is 1.78 bits per heavy atom. The Morgan fingerprint density at radius 3 is 2.22 bits per heavy atom. The number of hydrogen-bond acceptors (Lipinski definition) is 3. The zero-order chi connectivity index (χ0) is 14.2. The number of carbonyl (C=O) groups excluding carboxylic acids is 1. The molecule has 0 saturated heterocycles. The van der Waals surface area contributed by atoms with Crippen molar-refractivity contribution >= 4 is 11.9 Å². The Morgan fingerprint density at radius 1 is 1.17 bits per heavy atom. The molecule has 18 heavy (non-hydrogen) atoms. The van der Waals surface area contributed by atoms with E-state index >= 15 is 0 Å². The van der Waals surface area contributed by atoms with E-state index in [0.717, 1.165) is 19.3 Å². The van der Waals surface area contributed by atoms with Crippen LogP contribution in [0.25, 0.3) is 0 Å². The molecule has 0 rings (SSSR count). The van der Waals surface area contributed by atoms with Gasteiger partial charge < -0.3 is 9.84 Å². The van der Waals surface area contributed by atoms with Crippen molar-refractivity contribution in [2.75, 3.05) is 0 Å². The molecule has 0 aliphatic rings. The Hall–Kier alpha value is -1.06. The molecule has 0 bridgehead atoms. The number of carboxylic acids is 1. The molecule has 4 nitrogen and oxygen atoms in total. The first-order valence-corrected chi connectivity index (χ1v) is 6.71. The second-order valence-electron chi connectivity index (χ2n) is 5.63. The molecule has 0 fully saturated rings. The Labute approximate surface area is 110 Å². The lowest BCUT2D eigenvalue weighted by molar-refractivity contribution is -0.155. The van der Waals surface area contributed by atoms with Gasteiger partial charge in [-0.2, -0.15) is 0 Å². The summed E-state index contributed by atoms with van der Waals surface area (Å²) in [6.45, 7) is 7.44. The minimum absolute atomic E-state index is 0.173. The van der Waals surface area contributed by atoms with E-state index in [-0.39, 0.29) is 11.9 Å². The maximum absolute atomic E-state index is 11.4. The molecule has 0 heterocycles. The van der Waals surface area contributed by atoms with Gasteiger partial charge in [-0.25, -0.2) is 0 Å². The van der Waals surface area contributed by atoms with Crippen molar-refractivity contribution in [3.8, 4) is 0 Å². The molecular weight excluding hydrogens is 232 g/mol. The van der Waals surface area contributed by atoms with Crippen molar-refractivity contribution < 1.29 is 19.4 Å². The Balaban J connectivity index is 3.62. The van der Waals surface area contributed by atoms with E-state index in [2.05, 4.69) is 0 Å². The number of carboxylic acid groups (broad SMARTS) is 1. The van der Waals surface area contributed by atoms with Crippen LogP contribution in [-0.4, -0.2) is 22.6 Å². The van der Waals surface area contributed by atoms with Crippen molar-refractivity contribution in [2.24, 2.45) is 5.92 Å². The topological polar surface area (TPSA) is 63.6 Å². The fourth-order valence-corrected chi connectivity index (χ4v) is 1.73. The van der Waals surface area contributed by atoms with E-state index in [1.807, 2.05) is 27.7 Å². The van der Waals surface area contributed by atoms with Crippen molar-refractivity contribution in [2.45, 2.75) is 71.8 Å². The van der Waals surface area contributed by atoms with Crippen LogP contribution in [-0.2, 0) is 14.3 Å². The number of hydrogen-bond donors (Lipinski definition) is 1. The van der Waals surface area contributed by atoms with Gasteiger partial charge in [0.1, 0.15) is 5.60 Å². The molecular formula is C14H26O4. The number of ether oxygens (including phenoxy) is 1. The molecule has 0 spiro atoms. The van der Waals surface area contributed by atoms with Crippen LogP contribution < -0.4 is 0 Å². The molecule has 0 aromatic rings. The molecule has 1 N–H and O–H groups in total. The summed E-state index contributed by atoms with van der Waals surface area (Å²) in [6, 6.07) is 0. The third kappa shape index (κ3) is 9.02. The molecule has 4 heteroatoms. The summed E-state index contributed by atoms with van der Waals surface area (Å²) < 4.78 is 5.19. The first-order valence-electron chi connectivity index (χ1n) is 6.71. The van der Waals surface area contributed by atoms with Gasteiger partial charge in [0.25, 0.3) is 0 Å². The molecule has 1 atom stereocenters. The second-order valence-corrected chi connectivity index (χ2v) is 5.63. The highest BCUT2D eigenvalue weighted by Gasteiger charge is 2.16. The normalized spacial score (nSPS) is 13.1. The third-order valence-corrected chi connectivity index (χ3v) is 2.70. The van der Waals surface area contributed by atoms with Gasteiger partial charge in [-0.1, -0.05) is 19.8 Å². The highest BCUT2D eigenvalue weighted by molar-refractivity contribution is 5.70. The van der Waals surface area contributed by atoms with Crippen molar-refractivity contribution in [3.63, 3.8) is 0 Å². The van der Waals surface area contributed by atoms with E-state index < -0.39 is 11.6 Å². The van der Waals surface area contributed by atoms with Crippen LogP contribution in [0.2, 0.25) is 0 Å². The summed E-state index contributed by atoms with van der Waals surface area (Å²) >= 11 is 0. The van der Waals surface area contributed by atoms with Crippen LogP contribution in [0.5, 0.6) is 0 Å². The van der Waals surface area contributed by atoms with Crippen molar-refractivity contribution in [1.82, 2.24) is 0 Å². The zero-order valence-electron chi connectivity index (χ0n) is 12.0. The van der Waals surface area contributed by atoms with Crippen LogP contribution in [0, 0.1) is 5.92 Å². The molecule has 1 unspecified atom stereocenters. The average molecular weight is 258 g/mol. The number of rotatable bonds is 8. The van der Waals surface area contributed by atoms with Crippen molar-refractivity contribution in [1.29, 1.82) is 0 Å². The van der Waals surface area contributed by atoms with Crippen molar-refractivity contribution in [3.05, 3.63) is 0 Å². The summed E-state index contributed by atoms with van der Waals surface area (Å²) in [5.41, 5.74) is -0.423. The molecule has 0 aliphatic carbocycles. The summed E-state index contributed by atoms with van der Waals surface area (Å²) in [4.78, 5) is 22.2. The van der Waals surface area contributed by atoms with Crippen LogP contribution in [0.1, 0.15) is 66.2 Å².